The van der Waals surface area contributed by atoms with Gasteiger partial charge in [-0.25, -0.2) is 9.78 Å². The Labute approximate surface area is 218 Å². The van der Waals surface area contributed by atoms with E-state index >= 15 is 0 Å². The van der Waals surface area contributed by atoms with Crippen LogP contribution < -0.4 is 26.0 Å². The molecule has 2 aromatic carbocycles. The van der Waals surface area contributed by atoms with Gasteiger partial charge < -0.3 is 41.0 Å². The lowest BCUT2D eigenvalue weighted by Gasteiger charge is -2.42. The second kappa shape index (κ2) is 9.49. The van der Waals surface area contributed by atoms with Gasteiger partial charge in [0.1, 0.15) is 5.75 Å². The number of benzene rings is 2. The van der Waals surface area contributed by atoms with Gasteiger partial charge >= 0.3 is 12.3 Å². The maximum atomic E-state index is 12.7. The van der Waals surface area contributed by atoms with Gasteiger partial charge in [0.25, 0.3) is 5.91 Å². The first-order valence-corrected chi connectivity index (χ1v) is 11.9. The number of alkyl halides is 3. The van der Waals surface area contributed by atoms with E-state index in [4.69, 9.17) is 10.5 Å². The van der Waals surface area contributed by atoms with E-state index in [0.717, 1.165) is 17.4 Å². The molecule has 38 heavy (non-hydrogen) atoms. The van der Waals surface area contributed by atoms with Crippen molar-refractivity contribution in [2.45, 2.75) is 37.7 Å². The van der Waals surface area contributed by atoms with Crippen molar-refractivity contribution in [3.8, 4) is 5.75 Å². The Morgan fingerprint density at radius 3 is 2.58 bits per heavy atom. The number of aliphatic hydroxyl groups is 1. The Balaban J connectivity index is 1.77. The van der Waals surface area contributed by atoms with Gasteiger partial charge in [-0.1, -0.05) is 11.3 Å². The molecule has 0 saturated heterocycles. The average molecular weight is 556 g/mol. The van der Waals surface area contributed by atoms with Crippen molar-refractivity contribution in [3.05, 3.63) is 42.0 Å². The molecule has 11 nitrogen and oxygen atoms in total. The van der Waals surface area contributed by atoms with Crippen molar-refractivity contribution in [1.82, 2.24) is 4.98 Å². The van der Waals surface area contributed by atoms with E-state index in [9.17, 15) is 33.0 Å². The monoisotopic (exact) mass is 555 g/mol. The van der Waals surface area contributed by atoms with Crippen molar-refractivity contribution in [2.75, 3.05) is 29.2 Å². The molecule has 3 aromatic rings. The van der Waals surface area contributed by atoms with Crippen molar-refractivity contribution in [2.24, 2.45) is 5.73 Å². The van der Waals surface area contributed by atoms with E-state index in [1.807, 2.05) is 0 Å². The predicted molar refractivity (Wildman–Crippen MR) is 133 cm³/mol. The summed E-state index contributed by atoms with van der Waals surface area (Å²) in [7, 11) is 1.60. The van der Waals surface area contributed by atoms with E-state index in [-0.39, 0.29) is 17.3 Å². The van der Waals surface area contributed by atoms with Gasteiger partial charge in [0.05, 0.1) is 39.4 Å². The lowest BCUT2D eigenvalue weighted by atomic mass is 10.1. The number of hydrogen-bond donors (Lipinski definition) is 5. The highest BCUT2D eigenvalue weighted by molar-refractivity contribution is 7.22. The number of likely N-dealkylation sites (N-methyl/N-ethyl adjacent to an activating group) is 1. The van der Waals surface area contributed by atoms with Crippen LogP contribution in [-0.2, 0) is 9.53 Å². The number of carbonyl (C=O) groups excluding carboxylic acids is 1. The number of anilines is 3. The van der Waals surface area contributed by atoms with Gasteiger partial charge in [0, 0.05) is 13.1 Å². The molecule has 2 heterocycles. The SMILES string of the molecule is CN1c2ccc(C(=O)O)cc2NC1(Nc1nc2ccc(OC(F)(F)F)cc2s1)C(OCC(C)(C)O)C(N)=O. The molecule has 1 aliphatic rings. The Bertz CT molecular complexity index is 1390. The fourth-order valence-electron chi connectivity index (χ4n) is 3.98. The van der Waals surface area contributed by atoms with Crippen LogP contribution >= 0.6 is 11.3 Å². The quantitative estimate of drug-likeness (QED) is 0.265. The number of ether oxygens (including phenoxy) is 2. The largest absolute Gasteiger partial charge is 0.573 e. The Morgan fingerprint density at radius 2 is 1.97 bits per heavy atom. The molecule has 0 radical (unpaired) electrons. The van der Waals surface area contributed by atoms with E-state index in [2.05, 4.69) is 20.4 Å². The molecule has 1 aliphatic heterocycles. The van der Waals surface area contributed by atoms with E-state index in [1.165, 1.54) is 44.2 Å². The molecule has 0 bridgehead atoms. The zero-order chi connectivity index (χ0) is 28.0. The zero-order valence-corrected chi connectivity index (χ0v) is 21.1. The maximum Gasteiger partial charge on any atom is 0.573 e. The summed E-state index contributed by atoms with van der Waals surface area (Å²) in [5.41, 5.74) is 5.54. The van der Waals surface area contributed by atoms with Crippen LogP contribution in [-0.4, -0.2) is 64.6 Å². The predicted octanol–water partition coefficient (Wildman–Crippen LogP) is 3.16. The van der Waals surface area contributed by atoms with E-state index in [1.54, 1.807) is 11.9 Å². The number of thiazole rings is 1. The summed E-state index contributed by atoms with van der Waals surface area (Å²) in [4.78, 5) is 30.2. The van der Waals surface area contributed by atoms with Gasteiger partial charge in [-0.3, -0.25) is 4.79 Å². The van der Waals surface area contributed by atoms with Crippen molar-refractivity contribution in [1.29, 1.82) is 0 Å². The van der Waals surface area contributed by atoms with Crippen LogP contribution in [0, 0.1) is 0 Å². The maximum absolute atomic E-state index is 12.7. The first-order valence-electron chi connectivity index (χ1n) is 11.1. The number of fused-ring (bicyclic) bond motifs is 2. The second-order valence-corrected chi connectivity index (χ2v) is 10.2. The highest BCUT2D eigenvalue weighted by Gasteiger charge is 2.53. The van der Waals surface area contributed by atoms with Crippen LogP contribution in [0.4, 0.5) is 29.7 Å². The summed E-state index contributed by atoms with van der Waals surface area (Å²) in [5, 5.41) is 26.0. The van der Waals surface area contributed by atoms with E-state index < -0.39 is 41.5 Å². The van der Waals surface area contributed by atoms with Gasteiger partial charge in [0.2, 0.25) is 5.79 Å². The molecule has 2 unspecified atom stereocenters. The van der Waals surface area contributed by atoms with Gasteiger partial charge in [-0.15, -0.1) is 13.2 Å². The molecule has 0 aliphatic carbocycles. The number of hydrogen-bond acceptors (Lipinski definition) is 10. The molecule has 15 heteroatoms. The fourth-order valence-corrected chi connectivity index (χ4v) is 4.93. The number of amides is 1. The Kier molecular flexibility index (Phi) is 6.80. The van der Waals surface area contributed by atoms with Crippen LogP contribution in [0.3, 0.4) is 0 Å². The van der Waals surface area contributed by atoms with Gasteiger partial charge in [0.15, 0.2) is 11.2 Å². The number of aromatic carboxylic acids is 1. The molecular weight excluding hydrogens is 531 g/mol. The molecule has 6 N–H and O–H groups in total. The minimum atomic E-state index is -4.87. The lowest BCUT2D eigenvalue weighted by Crippen LogP contribution is -2.68. The Morgan fingerprint density at radius 1 is 1.26 bits per heavy atom. The molecule has 0 spiro atoms. The number of aromatic nitrogens is 1. The van der Waals surface area contributed by atoms with Crippen molar-refractivity contribution >= 4 is 49.9 Å². The molecule has 0 fully saturated rings. The number of carboxylic acids is 1. The van der Waals surface area contributed by atoms with Crippen molar-refractivity contribution in [3.63, 3.8) is 0 Å². The Hall–Kier alpha value is -3.82. The molecule has 2 atom stereocenters. The topological polar surface area (TPSA) is 159 Å². The number of nitrogens with two attached hydrogens (primary N) is 1. The third-order valence-corrected chi connectivity index (χ3v) is 6.52. The fraction of sp³-hybridized carbons (Fsp3) is 0.348. The van der Waals surface area contributed by atoms with Gasteiger partial charge in [-0.05, 0) is 44.2 Å². The molecular formula is C23H24F3N5O6S. The average Bonchev–Trinajstić information content (AvgIpc) is 3.29. The first kappa shape index (κ1) is 27.2. The van der Waals surface area contributed by atoms with Crippen LogP contribution in [0.2, 0.25) is 0 Å². The molecule has 1 aromatic heterocycles. The van der Waals surface area contributed by atoms with E-state index in [0.29, 0.717) is 21.6 Å². The van der Waals surface area contributed by atoms with Crippen molar-refractivity contribution < 1.29 is 42.4 Å². The highest BCUT2D eigenvalue weighted by Crippen LogP contribution is 2.43. The normalized spacial score (nSPS) is 18.1. The number of primary amides is 1. The molecule has 4 rings (SSSR count). The summed E-state index contributed by atoms with van der Waals surface area (Å²) in [6, 6.07) is 7.92. The van der Waals surface area contributed by atoms with Crippen LogP contribution in [0.15, 0.2) is 36.4 Å². The number of carboxylic acid groups (broad SMARTS) is 1. The number of halogens is 3. The summed E-state index contributed by atoms with van der Waals surface area (Å²) in [6.45, 7) is 2.65. The third-order valence-electron chi connectivity index (χ3n) is 5.59. The van der Waals surface area contributed by atoms with Crippen LogP contribution in [0.1, 0.15) is 24.2 Å². The molecule has 204 valence electrons. The summed E-state index contributed by atoms with van der Waals surface area (Å²) in [6.07, 6.45) is -6.34. The number of rotatable bonds is 9. The molecule has 1 amide bonds. The standard InChI is InChI=1S/C23H24F3N5O6S/c1-21(2,35)10-36-17(18(27)32)22(29-14-8-11(19(33)34)4-7-15(14)31(22)3)30-20-28-13-6-5-12(9-16(13)38-20)37-23(24,25)26/h4-9,17,29,35H,10H2,1-3H3,(H2,27,32)(H,28,30)(H,33,34). The summed E-state index contributed by atoms with van der Waals surface area (Å²) < 4.78 is 48.1. The number of nitrogens with one attached hydrogen (secondary N) is 2. The van der Waals surface area contributed by atoms with Crippen LogP contribution in [0.5, 0.6) is 5.75 Å². The van der Waals surface area contributed by atoms with Crippen LogP contribution in [0.25, 0.3) is 10.2 Å². The second-order valence-electron chi connectivity index (χ2n) is 9.21. The summed E-state index contributed by atoms with van der Waals surface area (Å²) in [5.74, 6) is -4.19. The molecule has 0 saturated carbocycles. The summed E-state index contributed by atoms with van der Waals surface area (Å²) >= 11 is 0.977. The van der Waals surface area contributed by atoms with Gasteiger partial charge in [-0.2, -0.15) is 0 Å². The smallest absolute Gasteiger partial charge is 0.478 e. The zero-order valence-electron chi connectivity index (χ0n) is 20.3. The minimum absolute atomic E-state index is 0.0225. The minimum Gasteiger partial charge on any atom is -0.478 e. The highest BCUT2D eigenvalue weighted by atomic mass is 32.1. The third kappa shape index (κ3) is 5.54. The first-order chi connectivity index (χ1) is 17.6. The lowest BCUT2D eigenvalue weighted by molar-refractivity contribution is -0.274. The number of nitrogens with zero attached hydrogens (tertiary/aromatic N) is 2. The number of carbonyl (C=O) groups is 2.